The third-order valence-electron chi connectivity index (χ3n) is 4.26. The topological polar surface area (TPSA) is 59.5 Å². The van der Waals surface area contributed by atoms with Gasteiger partial charge in [-0.1, -0.05) is 17.7 Å². The molecule has 1 N–H and O–H groups in total. The van der Waals surface area contributed by atoms with E-state index in [1.807, 2.05) is 17.5 Å². The standard InChI is InChI=1S/C19H13ClF3N3O2S/c20-17-15(8-24-16(27)7-13-2-1-5-29-13)25-18-14(19(21,22)23)6-12(9-26(17)18)11-3-4-28-10-11/h1-6,9-10H,7-8H2,(H,24,27). The normalized spacial score (nSPS) is 11.9. The number of hydrogen-bond acceptors (Lipinski definition) is 4. The molecule has 0 bridgehead atoms. The molecule has 10 heteroatoms. The summed E-state index contributed by atoms with van der Waals surface area (Å²) in [5.41, 5.74) is -0.327. The van der Waals surface area contributed by atoms with Crippen LogP contribution in [0.1, 0.15) is 16.1 Å². The van der Waals surface area contributed by atoms with E-state index in [9.17, 15) is 18.0 Å². The first-order valence-corrected chi connectivity index (χ1v) is 9.68. The number of carbonyl (C=O) groups excluding carboxylic acids is 1. The molecule has 0 atom stereocenters. The van der Waals surface area contributed by atoms with Crippen molar-refractivity contribution in [3.8, 4) is 11.1 Å². The molecule has 150 valence electrons. The van der Waals surface area contributed by atoms with Crippen LogP contribution in [0.5, 0.6) is 0 Å². The number of nitrogens with one attached hydrogen (secondary N) is 1. The molecular formula is C19H13ClF3N3O2S. The van der Waals surface area contributed by atoms with Gasteiger partial charge in [0.05, 0.1) is 36.7 Å². The Hall–Kier alpha value is -2.78. The molecule has 0 aromatic carbocycles. The monoisotopic (exact) mass is 439 g/mol. The highest BCUT2D eigenvalue weighted by atomic mass is 35.5. The first-order valence-electron chi connectivity index (χ1n) is 8.42. The second-order valence-corrected chi connectivity index (χ2v) is 7.62. The summed E-state index contributed by atoms with van der Waals surface area (Å²) in [5.74, 6) is -0.268. The molecule has 0 fully saturated rings. The van der Waals surface area contributed by atoms with Crippen LogP contribution in [0.15, 0.2) is 52.8 Å². The predicted octanol–water partition coefficient (Wildman–Crippen LogP) is 5.19. The molecule has 29 heavy (non-hydrogen) atoms. The van der Waals surface area contributed by atoms with E-state index < -0.39 is 11.7 Å². The lowest BCUT2D eigenvalue weighted by Gasteiger charge is -2.10. The van der Waals surface area contributed by atoms with Gasteiger partial charge < -0.3 is 9.73 Å². The number of carbonyl (C=O) groups is 1. The minimum atomic E-state index is -4.63. The lowest BCUT2D eigenvalue weighted by atomic mass is 10.1. The van der Waals surface area contributed by atoms with Gasteiger partial charge in [-0.2, -0.15) is 13.2 Å². The van der Waals surface area contributed by atoms with Crippen LogP contribution in [0.25, 0.3) is 16.8 Å². The highest BCUT2D eigenvalue weighted by Gasteiger charge is 2.35. The molecule has 0 aliphatic rings. The Morgan fingerprint density at radius 3 is 2.79 bits per heavy atom. The number of imidazole rings is 1. The molecule has 4 aromatic heterocycles. The maximum absolute atomic E-state index is 13.6. The number of halogens is 4. The van der Waals surface area contributed by atoms with Crippen LogP contribution in [-0.2, 0) is 23.9 Å². The molecule has 1 amide bonds. The van der Waals surface area contributed by atoms with Crippen LogP contribution in [0.3, 0.4) is 0 Å². The largest absolute Gasteiger partial charge is 0.472 e. The van der Waals surface area contributed by atoms with Gasteiger partial charge in [-0.25, -0.2) is 4.98 Å². The lowest BCUT2D eigenvalue weighted by Crippen LogP contribution is -2.24. The van der Waals surface area contributed by atoms with Crippen molar-refractivity contribution < 1.29 is 22.4 Å². The molecule has 4 rings (SSSR count). The molecule has 0 spiro atoms. The number of alkyl halides is 3. The minimum absolute atomic E-state index is 0.00673. The average molecular weight is 440 g/mol. The lowest BCUT2D eigenvalue weighted by molar-refractivity contribution is -0.136. The van der Waals surface area contributed by atoms with Crippen LogP contribution in [-0.4, -0.2) is 15.3 Å². The van der Waals surface area contributed by atoms with Crippen LogP contribution in [0.2, 0.25) is 5.15 Å². The van der Waals surface area contributed by atoms with Crippen LogP contribution in [0, 0.1) is 0 Å². The van der Waals surface area contributed by atoms with E-state index in [0.29, 0.717) is 5.56 Å². The van der Waals surface area contributed by atoms with Gasteiger partial charge in [-0.05, 0) is 23.6 Å². The van der Waals surface area contributed by atoms with Crippen molar-refractivity contribution in [2.75, 3.05) is 0 Å². The molecule has 0 saturated carbocycles. The Bertz CT molecular complexity index is 1150. The summed E-state index contributed by atoms with van der Waals surface area (Å²) >= 11 is 7.74. The molecule has 0 unspecified atom stereocenters. The number of rotatable bonds is 5. The van der Waals surface area contributed by atoms with E-state index in [1.54, 1.807) is 6.07 Å². The predicted molar refractivity (Wildman–Crippen MR) is 103 cm³/mol. The highest BCUT2D eigenvalue weighted by molar-refractivity contribution is 7.10. The Balaban J connectivity index is 1.67. The first-order chi connectivity index (χ1) is 13.8. The molecule has 5 nitrogen and oxygen atoms in total. The van der Waals surface area contributed by atoms with Crippen LogP contribution in [0.4, 0.5) is 13.2 Å². The molecule has 0 aliphatic carbocycles. The third kappa shape index (κ3) is 4.01. The molecule has 0 radical (unpaired) electrons. The fraction of sp³-hybridized carbons (Fsp3) is 0.158. The maximum atomic E-state index is 13.6. The zero-order valence-corrected chi connectivity index (χ0v) is 16.2. The van der Waals surface area contributed by atoms with Crippen LogP contribution < -0.4 is 5.32 Å². The summed E-state index contributed by atoms with van der Waals surface area (Å²) in [4.78, 5) is 17.0. The summed E-state index contributed by atoms with van der Waals surface area (Å²) in [6, 6.07) is 6.22. The minimum Gasteiger partial charge on any atom is -0.472 e. The molecule has 0 aliphatic heterocycles. The third-order valence-corrected chi connectivity index (χ3v) is 5.53. The summed E-state index contributed by atoms with van der Waals surface area (Å²) in [5, 5.41) is 4.52. The Kier molecular flexibility index (Phi) is 5.10. The molecule has 0 saturated heterocycles. The van der Waals surface area contributed by atoms with E-state index in [2.05, 4.69) is 10.3 Å². The van der Waals surface area contributed by atoms with E-state index in [0.717, 1.165) is 10.9 Å². The zero-order chi connectivity index (χ0) is 20.6. The number of nitrogens with zero attached hydrogens (tertiary/aromatic N) is 2. The number of aromatic nitrogens is 2. The van der Waals surface area contributed by atoms with Gasteiger partial charge in [0, 0.05) is 22.2 Å². The Morgan fingerprint density at radius 1 is 1.31 bits per heavy atom. The summed E-state index contributed by atoms with van der Waals surface area (Å²) < 4.78 is 47.0. The fourth-order valence-electron chi connectivity index (χ4n) is 2.89. The smallest absolute Gasteiger partial charge is 0.420 e. The van der Waals surface area contributed by atoms with E-state index in [4.69, 9.17) is 16.0 Å². The van der Waals surface area contributed by atoms with Crippen molar-refractivity contribution in [3.63, 3.8) is 0 Å². The molecule has 4 heterocycles. The van der Waals surface area contributed by atoms with Crippen molar-refractivity contribution in [3.05, 3.63) is 69.7 Å². The highest BCUT2D eigenvalue weighted by Crippen LogP contribution is 2.37. The van der Waals surface area contributed by atoms with Gasteiger partial charge in [0.1, 0.15) is 5.15 Å². The average Bonchev–Trinajstić information content (AvgIpc) is 3.41. The van der Waals surface area contributed by atoms with Gasteiger partial charge in [0.25, 0.3) is 0 Å². The van der Waals surface area contributed by atoms with Crippen molar-refractivity contribution in [1.29, 1.82) is 0 Å². The number of amides is 1. The van der Waals surface area contributed by atoms with Gasteiger partial charge >= 0.3 is 6.18 Å². The van der Waals surface area contributed by atoms with Gasteiger partial charge in [-0.15, -0.1) is 11.3 Å². The number of thiophene rings is 1. The Labute approximate surface area is 171 Å². The molecular weight excluding hydrogens is 427 g/mol. The van der Waals surface area contributed by atoms with Crippen molar-refractivity contribution in [2.45, 2.75) is 19.1 Å². The summed E-state index contributed by atoms with van der Waals surface area (Å²) in [6.07, 6.45) is -0.271. The Morgan fingerprint density at radius 2 is 2.14 bits per heavy atom. The van der Waals surface area contributed by atoms with Gasteiger partial charge in [0.15, 0.2) is 5.65 Å². The SMILES string of the molecule is O=C(Cc1cccs1)NCc1nc2c(C(F)(F)F)cc(-c3ccoc3)cn2c1Cl. The first kappa shape index (κ1) is 19.5. The number of hydrogen-bond donors (Lipinski definition) is 1. The van der Waals surface area contributed by atoms with Crippen molar-refractivity contribution >= 4 is 34.5 Å². The maximum Gasteiger partial charge on any atom is 0.420 e. The van der Waals surface area contributed by atoms with E-state index in [-0.39, 0.29) is 40.9 Å². The number of pyridine rings is 1. The zero-order valence-electron chi connectivity index (χ0n) is 14.7. The van der Waals surface area contributed by atoms with Crippen LogP contribution >= 0.6 is 22.9 Å². The van der Waals surface area contributed by atoms with Crippen molar-refractivity contribution in [2.24, 2.45) is 0 Å². The van der Waals surface area contributed by atoms with E-state index >= 15 is 0 Å². The summed E-state index contributed by atoms with van der Waals surface area (Å²) in [6.45, 7) is -0.0803. The van der Waals surface area contributed by atoms with E-state index in [1.165, 1.54) is 34.5 Å². The number of furan rings is 1. The second-order valence-electron chi connectivity index (χ2n) is 6.23. The quantitative estimate of drug-likeness (QED) is 0.465. The summed E-state index contributed by atoms with van der Waals surface area (Å²) in [7, 11) is 0. The van der Waals surface area contributed by atoms with Gasteiger partial charge in [-0.3, -0.25) is 9.20 Å². The second kappa shape index (κ2) is 7.57. The van der Waals surface area contributed by atoms with Crippen molar-refractivity contribution in [1.82, 2.24) is 14.7 Å². The van der Waals surface area contributed by atoms with Gasteiger partial charge in [0.2, 0.25) is 5.91 Å². The molecule has 4 aromatic rings. The fourth-order valence-corrected chi connectivity index (χ4v) is 3.83. The number of fused-ring (bicyclic) bond motifs is 1.